The number of nitrogens with two attached hydrogens (primary N) is 1. The highest BCUT2D eigenvalue weighted by Gasteiger charge is 2.24. The number of nitrogens with one attached hydrogen (secondary N) is 1. The van der Waals surface area contributed by atoms with Crippen LogP contribution in [-0.4, -0.2) is 16.9 Å². The van der Waals surface area contributed by atoms with Crippen LogP contribution >= 0.6 is 23.2 Å². The van der Waals surface area contributed by atoms with E-state index in [1.165, 1.54) is 0 Å². The highest BCUT2D eigenvalue weighted by Crippen LogP contribution is 2.34. The van der Waals surface area contributed by atoms with Crippen LogP contribution in [0.1, 0.15) is 30.6 Å². The van der Waals surface area contributed by atoms with E-state index in [4.69, 9.17) is 33.8 Å². The molecule has 7 heteroatoms. The third-order valence-corrected chi connectivity index (χ3v) is 3.74. The molecule has 2 rings (SSSR count). The molecule has 0 amide bonds. The molecule has 0 saturated carbocycles. The summed E-state index contributed by atoms with van der Waals surface area (Å²) in [7, 11) is 1.59. The van der Waals surface area contributed by atoms with Crippen molar-refractivity contribution < 1.29 is 4.74 Å². The Balaban J connectivity index is 2.52. The van der Waals surface area contributed by atoms with Gasteiger partial charge < -0.3 is 4.74 Å². The zero-order valence-electron chi connectivity index (χ0n) is 11.9. The Bertz CT molecular complexity index is 615. The van der Waals surface area contributed by atoms with E-state index in [1.54, 1.807) is 25.4 Å². The summed E-state index contributed by atoms with van der Waals surface area (Å²) in [4.78, 5) is 0. The predicted octanol–water partition coefficient (Wildman–Crippen LogP) is 3.16. The molecule has 21 heavy (non-hydrogen) atoms. The number of benzene rings is 1. The Morgan fingerprint density at radius 2 is 2.19 bits per heavy atom. The van der Waals surface area contributed by atoms with Crippen LogP contribution in [0.4, 0.5) is 0 Å². The second-order valence-electron chi connectivity index (χ2n) is 4.59. The summed E-state index contributed by atoms with van der Waals surface area (Å²) in [6.45, 7) is 2.84. The lowest BCUT2D eigenvalue weighted by Gasteiger charge is -2.21. The van der Waals surface area contributed by atoms with E-state index in [2.05, 4.69) is 17.4 Å². The molecule has 114 valence electrons. The van der Waals surface area contributed by atoms with Crippen molar-refractivity contribution in [1.29, 1.82) is 0 Å². The van der Waals surface area contributed by atoms with Gasteiger partial charge in [-0.25, -0.2) is 5.43 Å². The molecular weight excluding hydrogens is 311 g/mol. The van der Waals surface area contributed by atoms with Crippen molar-refractivity contribution >= 4 is 23.2 Å². The van der Waals surface area contributed by atoms with Gasteiger partial charge in [-0.3, -0.25) is 10.5 Å². The van der Waals surface area contributed by atoms with Gasteiger partial charge in [-0.15, -0.1) is 0 Å². The van der Waals surface area contributed by atoms with Crippen LogP contribution in [-0.2, 0) is 6.54 Å². The summed E-state index contributed by atoms with van der Waals surface area (Å²) < 4.78 is 7.24. The third kappa shape index (κ3) is 3.32. The number of hydrogen-bond donors (Lipinski definition) is 2. The van der Waals surface area contributed by atoms with Gasteiger partial charge in [0.2, 0.25) is 0 Å². The van der Waals surface area contributed by atoms with Crippen molar-refractivity contribution in [2.24, 2.45) is 5.84 Å². The number of aryl methyl sites for hydroxylation is 1. The van der Waals surface area contributed by atoms with E-state index in [9.17, 15) is 0 Å². The van der Waals surface area contributed by atoms with Gasteiger partial charge in [0.15, 0.2) is 0 Å². The molecule has 1 atom stereocenters. The third-order valence-electron chi connectivity index (χ3n) is 3.22. The summed E-state index contributed by atoms with van der Waals surface area (Å²) in [5.74, 6) is 6.40. The second-order valence-corrected chi connectivity index (χ2v) is 5.43. The van der Waals surface area contributed by atoms with Gasteiger partial charge in [0.1, 0.15) is 5.75 Å². The highest BCUT2D eigenvalue weighted by atomic mass is 35.5. The standard InChI is InChI=1S/C14H18Cl2N4O/c1-3-6-20-14(11(16)8-18-20)13(19-17)10-5-4-9(15)7-12(10)21-2/h4-5,7-8,13,19H,3,6,17H2,1-2H3. The van der Waals surface area contributed by atoms with Crippen molar-refractivity contribution in [3.05, 3.63) is 45.7 Å². The van der Waals surface area contributed by atoms with Crippen molar-refractivity contribution in [2.75, 3.05) is 7.11 Å². The molecule has 0 bridgehead atoms. The maximum absolute atomic E-state index is 6.29. The summed E-state index contributed by atoms with van der Waals surface area (Å²) in [6.07, 6.45) is 2.57. The quantitative estimate of drug-likeness (QED) is 0.631. The number of rotatable bonds is 6. The Morgan fingerprint density at radius 1 is 1.43 bits per heavy atom. The molecule has 0 radical (unpaired) electrons. The highest BCUT2D eigenvalue weighted by molar-refractivity contribution is 6.31. The number of aromatic nitrogens is 2. The second kappa shape index (κ2) is 7.13. The van der Waals surface area contributed by atoms with Crippen molar-refractivity contribution in [3.8, 4) is 5.75 Å². The van der Waals surface area contributed by atoms with Crippen LogP contribution in [0.15, 0.2) is 24.4 Å². The van der Waals surface area contributed by atoms with Gasteiger partial charge in [0, 0.05) is 17.1 Å². The van der Waals surface area contributed by atoms with E-state index in [0.717, 1.165) is 24.2 Å². The van der Waals surface area contributed by atoms with Gasteiger partial charge >= 0.3 is 0 Å². The van der Waals surface area contributed by atoms with Crippen LogP contribution in [0.2, 0.25) is 10.0 Å². The normalized spacial score (nSPS) is 12.4. The molecule has 0 fully saturated rings. The molecule has 0 spiro atoms. The fraction of sp³-hybridized carbons (Fsp3) is 0.357. The van der Waals surface area contributed by atoms with Crippen LogP contribution < -0.4 is 16.0 Å². The maximum Gasteiger partial charge on any atom is 0.125 e. The molecule has 0 aliphatic heterocycles. The molecule has 0 aliphatic carbocycles. The summed E-state index contributed by atoms with van der Waals surface area (Å²) in [6, 6.07) is 5.07. The summed E-state index contributed by atoms with van der Waals surface area (Å²) in [5, 5.41) is 5.45. The van der Waals surface area contributed by atoms with Crippen molar-refractivity contribution in [3.63, 3.8) is 0 Å². The maximum atomic E-state index is 6.29. The van der Waals surface area contributed by atoms with Gasteiger partial charge in [-0.2, -0.15) is 5.10 Å². The molecule has 2 aromatic rings. The average molecular weight is 329 g/mol. The number of hydrogen-bond acceptors (Lipinski definition) is 4. The lowest BCUT2D eigenvalue weighted by Crippen LogP contribution is -2.31. The smallest absolute Gasteiger partial charge is 0.125 e. The minimum Gasteiger partial charge on any atom is -0.496 e. The average Bonchev–Trinajstić information content (AvgIpc) is 2.83. The zero-order valence-corrected chi connectivity index (χ0v) is 13.4. The van der Waals surface area contributed by atoms with E-state index in [0.29, 0.717) is 15.8 Å². The molecule has 5 nitrogen and oxygen atoms in total. The molecule has 1 aromatic carbocycles. The number of methoxy groups -OCH3 is 1. The van der Waals surface area contributed by atoms with Gasteiger partial charge in [-0.05, 0) is 18.6 Å². The molecule has 1 aromatic heterocycles. The Kier molecular flexibility index (Phi) is 5.47. The molecule has 1 heterocycles. The van der Waals surface area contributed by atoms with E-state index in [-0.39, 0.29) is 6.04 Å². The topological polar surface area (TPSA) is 65.1 Å². The molecule has 1 unspecified atom stereocenters. The van der Waals surface area contributed by atoms with Crippen LogP contribution in [0.25, 0.3) is 0 Å². The summed E-state index contributed by atoms with van der Waals surface area (Å²) in [5.41, 5.74) is 4.44. The monoisotopic (exact) mass is 328 g/mol. The number of ether oxygens (including phenoxy) is 1. The first-order valence-electron chi connectivity index (χ1n) is 6.63. The Labute approximate surface area is 134 Å². The SMILES string of the molecule is CCCn1ncc(Cl)c1C(NN)c1ccc(Cl)cc1OC. The largest absolute Gasteiger partial charge is 0.496 e. The molecule has 3 N–H and O–H groups in total. The molecule has 0 saturated heterocycles. The minimum atomic E-state index is -0.334. The van der Waals surface area contributed by atoms with Crippen molar-refractivity contribution in [2.45, 2.75) is 25.9 Å². The van der Waals surface area contributed by atoms with E-state index in [1.807, 2.05) is 10.7 Å². The van der Waals surface area contributed by atoms with Crippen LogP contribution in [0.3, 0.4) is 0 Å². The Hall–Kier alpha value is -1.27. The first-order chi connectivity index (χ1) is 10.1. The molecule has 0 aliphatic rings. The van der Waals surface area contributed by atoms with Crippen LogP contribution in [0.5, 0.6) is 5.75 Å². The van der Waals surface area contributed by atoms with E-state index >= 15 is 0 Å². The van der Waals surface area contributed by atoms with Gasteiger partial charge in [0.05, 0.1) is 30.1 Å². The number of nitrogens with zero attached hydrogens (tertiary/aromatic N) is 2. The number of halogens is 2. The fourth-order valence-corrected chi connectivity index (χ4v) is 2.70. The number of hydrazine groups is 1. The Morgan fingerprint density at radius 3 is 2.81 bits per heavy atom. The predicted molar refractivity (Wildman–Crippen MR) is 84.7 cm³/mol. The first kappa shape index (κ1) is 16.1. The lowest BCUT2D eigenvalue weighted by atomic mass is 10.0. The van der Waals surface area contributed by atoms with E-state index < -0.39 is 0 Å². The molecular formula is C14H18Cl2N4O. The van der Waals surface area contributed by atoms with Gasteiger partial charge in [-0.1, -0.05) is 36.2 Å². The van der Waals surface area contributed by atoms with Gasteiger partial charge in [0.25, 0.3) is 0 Å². The van der Waals surface area contributed by atoms with Crippen molar-refractivity contribution in [1.82, 2.24) is 15.2 Å². The lowest BCUT2D eigenvalue weighted by molar-refractivity contribution is 0.401. The van der Waals surface area contributed by atoms with Crippen LogP contribution in [0, 0.1) is 0 Å². The summed E-state index contributed by atoms with van der Waals surface area (Å²) >= 11 is 12.3. The zero-order chi connectivity index (χ0) is 15.4. The first-order valence-corrected chi connectivity index (χ1v) is 7.38. The fourth-order valence-electron chi connectivity index (χ4n) is 2.29. The minimum absolute atomic E-state index is 0.334.